The molecule has 0 heterocycles. The van der Waals surface area contributed by atoms with E-state index in [1.165, 1.54) is 0 Å². The van der Waals surface area contributed by atoms with Crippen LogP contribution in [0.3, 0.4) is 0 Å². The van der Waals surface area contributed by atoms with Crippen molar-refractivity contribution in [1.82, 2.24) is 4.90 Å². The first-order valence-corrected chi connectivity index (χ1v) is 8.91. The molecule has 27 heavy (non-hydrogen) atoms. The largest absolute Gasteiger partial charge is 0.462 e. The maximum atomic E-state index is 12.6. The fraction of sp³-hybridized carbons (Fsp3) is 0.273. The third-order valence-electron chi connectivity index (χ3n) is 3.95. The summed E-state index contributed by atoms with van der Waals surface area (Å²) in [4.78, 5) is 26.4. The third kappa shape index (κ3) is 4.97. The van der Waals surface area contributed by atoms with Crippen LogP contribution in [0.2, 0.25) is 0 Å². The van der Waals surface area contributed by atoms with Crippen molar-refractivity contribution in [3.8, 4) is 0 Å². The Balaban J connectivity index is 2.60. The van der Waals surface area contributed by atoms with Gasteiger partial charge in [0.15, 0.2) is 0 Å². The van der Waals surface area contributed by atoms with Crippen LogP contribution in [0, 0.1) is 0 Å². The van der Waals surface area contributed by atoms with Crippen molar-refractivity contribution in [1.29, 1.82) is 0 Å². The van der Waals surface area contributed by atoms with E-state index in [0.29, 0.717) is 11.3 Å². The van der Waals surface area contributed by atoms with Gasteiger partial charge in [-0.2, -0.15) is 0 Å². The second-order valence-electron chi connectivity index (χ2n) is 5.99. The van der Waals surface area contributed by atoms with Crippen LogP contribution in [-0.4, -0.2) is 44.1 Å². The first-order valence-electron chi connectivity index (χ1n) is 8.91. The van der Waals surface area contributed by atoms with E-state index in [4.69, 9.17) is 9.47 Å². The Morgan fingerprint density at radius 2 is 1.52 bits per heavy atom. The number of nitrogens with zero attached hydrogens (tertiary/aromatic N) is 1. The van der Waals surface area contributed by atoms with E-state index in [1.54, 1.807) is 45.0 Å². The Kier molecular flexibility index (Phi) is 7.17. The van der Waals surface area contributed by atoms with E-state index in [9.17, 15) is 9.59 Å². The SMILES string of the molecule is CCOC(=O)C(=CC=C(C(=O)OCC)N(C)C)c1cccc2ccccc12. The molecule has 0 saturated heterocycles. The van der Waals surface area contributed by atoms with Gasteiger partial charge in [0.25, 0.3) is 0 Å². The normalized spacial score (nSPS) is 12.0. The average molecular weight is 367 g/mol. The number of likely N-dealkylation sites (N-methyl/N-ethyl adjacent to an activating group) is 1. The van der Waals surface area contributed by atoms with E-state index < -0.39 is 11.9 Å². The van der Waals surface area contributed by atoms with Crippen molar-refractivity contribution >= 4 is 28.3 Å². The molecular weight excluding hydrogens is 342 g/mol. The molecular formula is C22H25NO4. The molecule has 0 N–H and O–H groups in total. The molecule has 0 unspecified atom stereocenters. The minimum absolute atomic E-state index is 0.267. The van der Waals surface area contributed by atoms with Crippen LogP contribution in [0.1, 0.15) is 19.4 Å². The first kappa shape index (κ1) is 20.2. The highest BCUT2D eigenvalue weighted by atomic mass is 16.5. The molecule has 142 valence electrons. The number of hydrogen-bond acceptors (Lipinski definition) is 5. The fourth-order valence-electron chi connectivity index (χ4n) is 2.70. The molecule has 0 bridgehead atoms. The number of carbonyl (C=O) groups is 2. The van der Waals surface area contributed by atoms with Gasteiger partial charge in [0.1, 0.15) is 5.70 Å². The summed E-state index contributed by atoms with van der Waals surface area (Å²) in [5.74, 6) is -0.882. The minimum atomic E-state index is -0.445. The summed E-state index contributed by atoms with van der Waals surface area (Å²) in [5.41, 5.74) is 1.49. The van der Waals surface area contributed by atoms with Crippen LogP contribution >= 0.6 is 0 Å². The third-order valence-corrected chi connectivity index (χ3v) is 3.95. The molecule has 5 heteroatoms. The highest BCUT2D eigenvalue weighted by Gasteiger charge is 2.17. The fourth-order valence-corrected chi connectivity index (χ4v) is 2.70. The standard InChI is InChI=1S/C22H25NO4/c1-5-26-21(24)19(14-15-20(23(3)4)22(25)27-6-2)18-13-9-11-16-10-7-8-12-17(16)18/h7-15H,5-6H2,1-4H3. The van der Waals surface area contributed by atoms with Crippen molar-refractivity contribution in [2.45, 2.75) is 13.8 Å². The quantitative estimate of drug-likeness (QED) is 0.423. The topological polar surface area (TPSA) is 55.8 Å². The van der Waals surface area contributed by atoms with E-state index in [2.05, 4.69) is 0 Å². The molecule has 2 aromatic carbocycles. The number of allylic oxidation sites excluding steroid dienone is 2. The van der Waals surface area contributed by atoms with Gasteiger partial charge < -0.3 is 14.4 Å². The molecule has 0 aliphatic carbocycles. The van der Waals surface area contributed by atoms with Crippen LogP contribution < -0.4 is 0 Å². The summed E-state index contributed by atoms with van der Waals surface area (Å²) in [6.45, 7) is 4.06. The summed E-state index contributed by atoms with van der Waals surface area (Å²) in [6, 6.07) is 13.6. The summed E-state index contributed by atoms with van der Waals surface area (Å²) >= 11 is 0. The van der Waals surface area contributed by atoms with Gasteiger partial charge in [-0.25, -0.2) is 9.59 Å². The summed E-state index contributed by atoms with van der Waals surface area (Å²) in [7, 11) is 3.50. The molecule has 0 radical (unpaired) electrons. The Hall–Kier alpha value is -3.08. The molecule has 0 atom stereocenters. The Morgan fingerprint density at radius 3 is 2.19 bits per heavy atom. The smallest absolute Gasteiger partial charge is 0.354 e. The Morgan fingerprint density at radius 1 is 0.889 bits per heavy atom. The molecule has 2 rings (SSSR count). The van der Waals surface area contributed by atoms with Crippen LogP contribution in [0.4, 0.5) is 0 Å². The maximum Gasteiger partial charge on any atom is 0.354 e. The van der Waals surface area contributed by atoms with Crippen LogP contribution in [0.5, 0.6) is 0 Å². The molecule has 5 nitrogen and oxygen atoms in total. The van der Waals surface area contributed by atoms with Crippen LogP contribution in [0.25, 0.3) is 16.3 Å². The minimum Gasteiger partial charge on any atom is -0.462 e. The van der Waals surface area contributed by atoms with E-state index >= 15 is 0 Å². The molecule has 0 aromatic heterocycles. The predicted octanol–water partition coefficient (Wildman–Crippen LogP) is 3.79. The van der Waals surface area contributed by atoms with Gasteiger partial charge in [-0.05, 0) is 42.3 Å². The molecule has 0 spiro atoms. The molecule has 0 amide bonds. The van der Waals surface area contributed by atoms with Gasteiger partial charge in [-0.15, -0.1) is 0 Å². The lowest BCUT2D eigenvalue weighted by Crippen LogP contribution is -2.21. The van der Waals surface area contributed by atoms with Gasteiger partial charge in [0, 0.05) is 14.1 Å². The lowest BCUT2D eigenvalue weighted by atomic mass is 9.97. The van der Waals surface area contributed by atoms with Gasteiger partial charge in [0.05, 0.1) is 18.8 Å². The number of ether oxygens (including phenoxy) is 2. The van der Waals surface area contributed by atoms with Crippen LogP contribution in [-0.2, 0) is 19.1 Å². The summed E-state index contributed by atoms with van der Waals surface area (Å²) in [6.07, 6.45) is 3.21. The van der Waals surface area contributed by atoms with Crippen molar-refractivity contribution < 1.29 is 19.1 Å². The second kappa shape index (κ2) is 9.57. The molecule has 0 aliphatic heterocycles. The number of benzene rings is 2. The second-order valence-corrected chi connectivity index (χ2v) is 5.99. The summed E-state index contributed by atoms with van der Waals surface area (Å²) in [5, 5.41) is 1.96. The Bertz CT molecular complexity index is 876. The zero-order valence-electron chi connectivity index (χ0n) is 16.2. The number of esters is 2. The van der Waals surface area contributed by atoms with E-state index in [0.717, 1.165) is 16.3 Å². The highest BCUT2D eigenvalue weighted by Crippen LogP contribution is 2.26. The van der Waals surface area contributed by atoms with Crippen molar-refractivity contribution in [2.75, 3.05) is 27.3 Å². The average Bonchev–Trinajstić information content (AvgIpc) is 2.65. The van der Waals surface area contributed by atoms with Gasteiger partial charge in [0.2, 0.25) is 0 Å². The predicted molar refractivity (Wildman–Crippen MR) is 107 cm³/mol. The molecule has 0 fully saturated rings. The van der Waals surface area contributed by atoms with Gasteiger partial charge in [-0.1, -0.05) is 42.5 Å². The number of hydrogen-bond donors (Lipinski definition) is 0. The first-order chi connectivity index (χ1) is 13.0. The zero-order valence-corrected chi connectivity index (χ0v) is 16.2. The maximum absolute atomic E-state index is 12.6. The molecule has 0 aliphatic rings. The van der Waals surface area contributed by atoms with E-state index in [-0.39, 0.29) is 13.2 Å². The van der Waals surface area contributed by atoms with Gasteiger partial charge in [-0.3, -0.25) is 0 Å². The lowest BCUT2D eigenvalue weighted by molar-refractivity contribution is -0.140. The van der Waals surface area contributed by atoms with Crippen molar-refractivity contribution in [3.63, 3.8) is 0 Å². The number of rotatable bonds is 7. The van der Waals surface area contributed by atoms with E-state index in [1.807, 2.05) is 42.5 Å². The molecule has 0 saturated carbocycles. The lowest BCUT2D eigenvalue weighted by Gasteiger charge is -2.15. The van der Waals surface area contributed by atoms with Crippen LogP contribution in [0.15, 0.2) is 60.3 Å². The summed E-state index contributed by atoms with van der Waals surface area (Å²) < 4.78 is 10.3. The van der Waals surface area contributed by atoms with Crippen molar-refractivity contribution in [3.05, 3.63) is 65.9 Å². The van der Waals surface area contributed by atoms with Gasteiger partial charge >= 0.3 is 11.9 Å². The highest BCUT2D eigenvalue weighted by molar-refractivity contribution is 6.20. The monoisotopic (exact) mass is 367 g/mol. The van der Waals surface area contributed by atoms with Crippen molar-refractivity contribution in [2.24, 2.45) is 0 Å². The zero-order chi connectivity index (χ0) is 19.8. The number of carbonyl (C=O) groups excluding carboxylic acids is 2. The Labute approximate surface area is 159 Å². The molecule has 2 aromatic rings. The number of fused-ring (bicyclic) bond motifs is 1.